The fourth-order valence-corrected chi connectivity index (χ4v) is 1.92. The van der Waals surface area contributed by atoms with E-state index in [1.54, 1.807) is 18.9 Å². The zero-order valence-corrected chi connectivity index (χ0v) is 10.5. The molecule has 0 aliphatic heterocycles. The molecule has 0 aliphatic rings. The normalized spacial score (nSPS) is 12.2. The van der Waals surface area contributed by atoms with Crippen LogP contribution in [0.1, 0.15) is 6.92 Å². The third kappa shape index (κ3) is 3.14. The van der Waals surface area contributed by atoms with E-state index in [9.17, 15) is 15.2 Å². The maximum atomic E-state index is 10.5. The molecular formula is C9H12BrN3O3. The van der Waals surface area contributed by atoms with Crippen molar-refractivity contribution in [2.24, 2.45) is 0 Å². The molecule has 0 spiro atoms. The third-order valence-electron chi connectivity index (χ3n) is 1.92. The van der Waals surface area contributed by atoms with Gasteiger partial charge in [-0.05, 0) is 22.9 Å². The number of likely N-dealkylation sites (N-methyl/N-ethyl adjacent to an activating group) is 1. The maximum absolute atomic E-state index is 10.5. The van der Waals surface area contributed by atoms with E-state index in [1.165, 1.54) is 12.3 Å². The number of pyridine rings is 1. The van der Waals surface area contributed by atoms with Crippen LogP contribution < -0.4 is 4.90 Å². The summed E-state index contributed by atoms with van der Waals surface area (Å²) in [6, 6.07) is 1.39. The largest absolute Gasteiger partial charge is 0.392 e. The lowest BCUT2D eigenvalue weighted by molar-refractivity contribution is -0.385. The first kappa shape index (κ1) is 12.9. The Morgan fingerprint density at radius 1 is 1.75 bits per heavy atom. The Morgan fingerprint density at radius 2 is 2.38 bits per heavy atom. The van der Waals surface area contributed by atoms with Gasteiger partial charge >= 0.3 is 0 Å². The summed E-state index contributed by atoms with van der Waals surface area (Å²) >= 11 is 3.22. The van der Waals surface area contributed by atoms with Crippen LogP contribution in [0.3, 0.4) is 0 Å². The van der Waals surface area contributed by atoms with Crippen molar-refractivity contribution in [1.29, 1.82) is 0 Å². The second kappa shape index (κ2) is 5.22. The molecule has 1 heterocycles. The Labute approximate surface area is 101 Å². The van der Waals surface area contributed by atoms with Gasteiger partial charge in [-0.3, -0.25) is 10.1 Å². The SMILES string of the molecule is CC(O)CN(C)c1ncc([N+](=O)[O-])cc1Br. The van der Waals surface area contributed by atoms with Gasteiger partial charge in [-0.1, -0.05) is 0 Å². The molecule has 1 rings (SSSR count). The molecule has 0 fully saturated rings. The lowest BCUT2D eigenvalue weighted by Crippen LogP contribution is -2.27. The standard InChI is InChI=1S/C9H12BrN3O3/c1-6(14)5-12(2)9-8(10)3-7(4-11-9)13(15)16/h3-4,6,14H,5H2,1-2H3. The van der Waals surface area contributed by atoms with Crippen LogP contribution in [0.2, 0.25) is 0 Å². The van der Waals surface area contributed by atoms with Gasteiger partial charge < -0.3 is 10.0 Å². The average molecular weight is 290 g/mol. The van der Waals surface area contributed by atoms with E-state index in [2.05, 4.69) is 20.9 Å². The van der Waals surface area contributed by atoms with Gasteiger partial charge in [0.1, 0.15) is 12.0 Å². The molecule has 88 valence electrons. The highest BCUT2D eigenvalue weighted by Gasteiger charge is 2.14. The molecular weight excluding hydrogens is 278 g/mol. The van der Waals surface area contributed by atoms with E-state index < -0.39 is 11.0 Å². The number of hydrogen-bond acceptors (Lipinski definition) is 5. The first-order valence-corrected chi connectivity index (χ1v) is 5.40. The summed E-state index contributed by atoms with van der Waals surface area (Å²) in [6.07, 6.45) is 0.701. The topological polar surface area (TPSA) is 79.5 Å². The van der Waals surface area contributed by atoms with E-state index in [0.29, 0.717) is 16.8 Å². The molecule has 16 heavy (non-hydrogen) atoms. The van der Waals surface area contributed by atoms with E-state index >= 15 is 0 Å². The Morgan fingerprint density at radius 3 is 2.81 bits per heavy atom. The molecule has 1 atom stereocenters. The summed E-state index contributed by atoms with van der Waals surface area (Å²) in [7, 11) is 1.76. The number of aromatic nitrogens is 1. The van der Waals surface area contributed by atoms with Gasteiger partial charge in [0.05, 0.1) is 15.5 Å². The lowest BCUT2D eigenvalue weighted by Gasteiger charge is -2.20. The summed E-state index contributed by atoms with van der Waals surface area (Å²) in [4.78, 5) is 15.7. The Kier molecular flexibility index (Phi) is 4.19. The fourth-order valence-electron chi connectivity index (χ4n) is 1.28. The van der Waals surface area contributed by atoms with Crippen LogP contribution in [0.25, 0.3) is 0 Å². The van der Waals surface area contributed by atoms with Crippen molar-refractivity contribution in [3.8, 4) is 0 Å². The second-order valence-corrected chi connectivity index (χ2v) is 4.34. The van der Waals surface area contributed by atoms with Gasteiger partial charge in [0.2, 0.25) is 0 Å². The van der Waals surface area contributed by atoms with E-state index in [0.717, 1.165) is 0 Å². The minimum Gasteiger partial charge on any atom is -0.392 e. The molecule has 0 saturated carbocycles. The molecule has 7 heteroatoms. The zero-order valence-electron chi connectivity index (χ0n) is 8.92. The molecule has 0 saturated heterocycles. The van der Waals surface area contributed by atoms with Crippen LogP contribution >= 0.6 is 15.9 Å². The van der Waals surface area contributed by atoms with Crippen molar-refractivity contribution in [3.05, 3.63) is 26.9 Å². The lowest BCUT2D eigenvalue weighted by atomic mass is 10.3. The molecule has 0 bridgehead atoms. The van der Waals surface area contributed by atoms with Gasteiger partial charge in [0, 0.05) is 19.7 Å². The van der Waals surface area contributed by atoms with Crippen LogP contribution in [0.5, 0.6) is 0 Å². The highest BCUT2D eigenvalue weighted by molar-refractivity contribution is 9.10. The number of aliphatic hydroxyl groups excluding tert-OH is 1. The van der Waals surface area contributed by atoms with Crippen molar-refractivity contribution >= 4 is 27.4 Å². The molecule has 1 aromatic heterocycles. The molecule has 0 amide bonds. The van der Waals surface area contributed by atoms with Crippen molar-refractivity contribution in [2.45, 2.75) is 13.0 Å². The maximum Gasteiger partial charge on any atom is 0.288 e. The number of hydrogen-bond donors (Lipinski definition) is 1. The molecule has 0 aliphatic carbocycles. The van der Waals surface area contributed by atoms with Crippen LogP contribution in [0.15, 0.2) is 16.7 Å². The van der Waals surface area contributed by atoms with Gasteiger partial charge in [-0.25, -0.2) is 4.98 Å². The molecule has 0 aromatic carbocycles. The number of rotatable bonds is 4. The summed E-state index contributed by atoms with van der Waals surface area (Å²) in [5, 5.41) is 19.7. The predicted molar refractivity (Wildman–Crippen MR) is 63.5 cm³/mol. The quantitative estimate of drug-likeness (QED) is 0.672. The van der Waals surface area contributed by atoms with Crippen molar-refractivity contribution < 1.29 is 10.0 Å². The number of nitro groups is 1. The Balaban J connectivity index is 2.94. The fraction of sp³-hybridized carbons (Fsp3) is 0.444. The molecule has 0 radical (unpaired) electrons. The first-order chi connectivity index (χ1) is 7.41. The van der Waals surface area contributed by atoms with Crippen molar-refractivity contribution in [1.82, 2.24) is 4.98 Å². The van der Waals surface area contributed by atoms with E-state index in [1.807, 2.05) is 0 Å². The molecule has 1 unspecified atom stereocenters. The van der Waals surface area contributed by atoms with E-state index in [4.69, 9.17) is 0 Å². The van der Waals surface area contributed by atoms with Gasteiger partial charge in [0.25, 0.3) is 5.69 Å². The Bertz CT molecular complexity index is 398. The third-order valence-corrected chi connectivity index (χ3v) is 2.50. The van der Waals surface area contributed by atoms with Crippen molar-refractivity contribution in [3.63, 3.8) is 0 Å². The summed E-state index contributed by atoms with van der Waals surface area (Å²) < 4.78 is 0.532. The first-order valence-electron chi connectivity index (χ1n) is 4.61. The summed E-state index contributed by atoms with van der Waals surface area (Å²) in [6.45, 7) is 2.07. The minimum absolute atomic E-state index is 0.0685. The Hall–Kier alpha value is -1.21. The monoisotopic (exact) mass is 289 g/mol. The average Bonchev–Trinajstić information content (AvgIpc) is 2.15. The van der Waals surface area contributed by atoms with Crippen LogP contribution in [-0.2, 0) is 0 Å². The predicted octanol–water partition coefficient (Wildman–Crippen LogP) is 1.57. The van der Waals surface area contributed by atoms with Crippen LogP contribution in [-0.4, -0.2) is 34.7 Å². The second-order valence-electron chi connectivity index (χ2n) is 3.49. The minimum atomic E-state index is -0.504. The number of halogens is 1. The number of aliphatic hydroxyl groups is 1. The van der Waals surface area contributed by atoms with Gasteiger partial charge in [-0.2, -0.15) is 0 Å². The van der Waals surface area contributed by atoms with E-state index in [-0.39, 0.29) is 5.69 Å². The molecule has 6 nitrogen and oxygen atoms in total. The number of nitrogens with zero attached hydrogens (tertiary/aromatic N) is 3. The van der Waals surface area contributed by atoms with Gasteiger partial charge in [0.15, 0.2) is 0 Å². The van der Waals surface area contributed by atoms with Gasteiger partial charge in [-0.15, -0.1) is 0 Å². The zero-order chi connectivity index (χ0) is 12.3. The highest BCUT2D eigenvalue weighted by Crippen LogP contribution is 2.26. The van der Waals surface area contributed by atoms with Crippen molar-refractivity contribution in [2.75, 3.05) is 18.5 Å². The summed E-state index contributed by atoms with van der Waals surface area (Å²) in [5.41, 5.74) is -0.0685. The number of anilines is 1. The highest BCUT2D eigenvalue weighted by atomic mass is 79.9. The molecule has 1 N–H and O–H groups in total. The smallest absolute Gasteiger partial charge is 0.288 e. The molecule has 1 aromatic rings. The van der Waals surface area contributed by atoms with Crippen LogP contribution in [0.4, 0.5) is 11.5 Å². The van der Waals surface area contributed by atoms with Crippen LogP contribution in [0, 0.1) is 10.1 Å². The summed E-state index contributed by atoms with van der Waals surface area (Å²) in [5.74, 6) is 0.562.